The molecule has 1 unspecified atom stereocenters. The molecule has 16 heavy (non-hydrogen) atoms. The van der Waals surface area contributed by atoms with Crippen LogP contribution in [0.15, 0.2) is 30.5 Å². The van der Waals surface area contributed by atoms with Crippen molar-refractivity contribution in [2.75, 3.05) is 0 Å². The van der Waals surface area contributed by atoms with Gasteiger partial charge < -0.3 is 10.7 Å². The van der Waals surface area contributed by atoms with Gasteiger partial charge in [-0.25, -0.2) is 9.37 Å². The van der Waals surface area contributed by atoms with Crippen LogP contribution in [0.4, 0.5) is 4.39 Å². The summed E-state index contributed by atoms with van der Waals surface area (Å²) in [5.74, 6) is 0.524. The Bertz CT molecular complexity index is 461. The third-order valence-electron chi connectivity index (χ3n) is 2.54. The second-order valence-electron chi connectivity index (χ2n) is 3.70. The van der Waals surface area contributed by atoms with Gasteiger partial charge in [-0.3, -0.25) is 0 Å². The van der Waals surface area contributed by atoms with E-state index in [-0.39, 0.29) is 11.9 Å². The summed E-state index contributed by atoms with van der Waals surface area (Å²) >= 11 is 0. The zero-order chi connectivity index (χ0) is 11.5. The van der Waals surface area contributed by atoms with E-state index in [4.69, 9.17) is 5.73 Å². The smallest absolute Gasteiger partial charge is 0.123 e. The van der Waals surface area contributed by atoms with Crippen LogP contribution in [0.1, 0.15) is 25.2 Å². The van der Waals surface area contributed by atoms with Gasteiger partial charge in [0, 0.05) is 0 Å². The summed E-state index contributed by atoms with van der Waals surface area (Å²) in [6.07, 6.45) is 2.55. The van der Waals surface area contributed by atoms with Gasteiger partial charge in [0.05, 0.1) is 17.9 Å². The number of nitrogens with one attached hydrogen (secondary N) is 1. The van der Waals surface area contributed by atoms with Crippen molar-refractivity contribution < 1.29 is 4.39 Å². The molecule has 0 spiro atoms. The van der Waals surface area contributed by atoms with Gasteiger partial charge in [-0.2, -0.15) is 0 Å². The highest BCUT2D eigenvalue weighted by molar-refractivity contribution is 5.58. The van der Waals surface area contributed by atoms with E-state index in [1.54, 1.807) is 18.3 Å². The normalized spacial score (nSPS) is 12.7. The van der Waals surface area contributed by atoms with Gasteiger partial charge in [0.1, 0.15) is 11.6 Å². The van der Waals surface area contributed by atoms with Gasteiger partial charge in [0.15, 0.2) is 0 Å². The summed E-state index contributed by atoms with van der Waals surface area (Å²) in [7, 11) is 0. The van der Waals surface area contributed by atoms with E-state index in [1.807, 2.05) is 6.92 Å². The first-order valence-corrected chi connectivity index (χ1v) is 5.27. The summed E-state index contributed by atoms with van der Waals surface area (Å²) < 4.78 is 12.7. The molecule has 0 bridgehead atoms. The molecule has 1 atom stereocenters. The molecular formula is C12H14FN3. The largest absolute Gasteiger partial charge is 0.341 e. The first-order chi connectivity index (χ1) is 7.70. The van der Waals surface area contributed by atoms with Crippen LogP contribution in [0, 0.1) is 5.82 Å². The van der Waals surface area contributed by atoms with Crippen LogP contribution < -0.4 is 5.73 Å². The molecule has 2 aromatic rings. The Kier molecular flexibility index (Phi) is 3.01. The van der Waals surface area contributed by atoms with E-state index in [2.05, 4.69) is 9.97 Å². The zero-order valence-electron chi connectivity index (χ0n) is 9.07. The minimum atomic E-state index is -0.242. The molecule has 1 aromatic heterocycles. The number of imidazole rings is 1. The van der Waals surface area contributed by atoms with Crippen LogP contribution in [0.5, 0.6) is 0 Å². The highest BCUT2D eigenvalue weighted by Gasteiger charge is 2.08. The number of halogens is 1. The summed E-state index contributed by atoms with van der Waals surface area (Å²) in [4.78, 5) is 7.35. The molecule has 0 saturated carbocycles. The number of benzene rings is 1. The lowest BCUT2D eigenvalue weighted by Crippen LogP contribution is -2.10. The molecule has 0 radical (unpaired) electrons. The molecule has 0 aliphatic rings. The Morgan fingerprint density at radius 2 is 2.06 bits per heavy atom. The quantitative estimate of drug-likeness (QED) is 0.833. The highest BCUT2D eigenvalue weighted by atomic mass is 19.1. The highest BCUT2D eigenvalue weighted by Crippen LogP contribution is 2.19. The molecule has 2 rings (SSSR count). The minimum Gasteiger partial charge on any atom is -0.341 e. The molecule has 0 fully saturated rings. The lowest BCUT2D eigenvalue weighted by molar-refractivity contribution is 0.628. The average Bonchev–Trinajstić information content (AvgIpc) is 2.78. The van der Waals surface area contributed by atoms with Crippen LogP contribution in [0.25, 0.3) is 11.3 Å². The van der Waals surface area contributed by atoms with Crippen LogP contribution in [-0.2, 0) is 0 Å². The fourth-order valence-corrected chi connectivity index (χ4v) is 1.49. The van der Waals surface area contributed by atoms with Gasteiger partial charge in [0.25, 0.3) is 0 Å². The SMILES string of the molecule is CCC(N)c1ncc(-c2ccc(F)cc2)[nH]1. The van der Waals surface area contributed by atoms with Gasteiger partial charge >= 0.3 is 0 Å². The van der Waals surface area contributed by atoms with Gasteiger partial charge in [-0.15, -0.1) is 0 Å². The monoisotopic (exact) mass is 219 g/mol. The fraction of sp³-hybridized carbons (Fsp3) is 0.250. The van der Waals surface area contributed by atoms with E-state index in [0.29, 0.717) is 0 Å². The fourth-order valence-electron chi connectivity index (χ4n) is 1.49. The second kappa shape index (κ2) is 4.45. The third-order valence-corrected chi connectivity index (χ3v) is 2.54. The average molecular weight is 219 g/mol. The van der Waals surface area contributed by atoms with Crippen molar-refractivity contribution >= 4 is 0 Å². The number of nitrogens with two attached hydrogens (primary N) is 1. The minimum absolute atomic E-state index is 0.0748. The number of aromatic nitrogens is 2. The Balaban J connectivity index is 2.28. The Morgan fingerprint density at radius 3 is 2.69 bits per heavy atom. The number of aromatic amines is 1. The van der Waals surface area contributed by atoms with E-state index < -0.39 is 0 Å². The van der Waals surface area contributed by atoms with E-state index in [9.17, 15) is 4.39 Å². The molecule has 1 aromatic carbocycles. The molecule has 1 heterocycles. The Hall–Kier alpha value is -1.68. The molecule has 0 saturated heterocycles. The van der Waals surface area contributed by atoms with Crippen molar-refractivity contribution in [3.05, 3.63) is 42.1 Å². The molecule has 84 valence electrons. The van der Waals surface area contributed by atoms with Crippen molar-refractivity contribution in [3.8, 4) is 11.3 Å². The van der Waals surface area contributed by atoms with Crippen LogP contribution in [-0.4, -0.2) is 9.97 Å². The number of H-pyrrole nitrogens is 1. The van der Waals surface area contributed by atoms with Crippen molar-refractivity contribution in [2.45, 2.75) is 19.4 Å². The van der Waals surface area contributed by atoms with Crippen LogP contribution >= 0.6 is 0 Å². The number of hydrogen-bond acceptors (Lipinski definition) is 2. The molecule has 0 aliphatic heterocycles. The Labute approximate surface area is 93.5 Å². The zero-order valence-corrected chi connectivity index (χ0v) is 9.07. The summed E-state index contributed by atoms with van der Waals surface area (Å²) in [6, 6.07) is 6.20. The van der Waals surface area contributed by atoms with Crippen LogP contribution in [0.3, 0.4) is 0 Å². The van der Waals surface area contributed by atoms with Gasteiger partial charge in [-0.1, -0.05) is 6.92 Å². The predicted molar refractivity (Wildman–Crippen MR) is 61.2 cm³/mol. The molecular weight excluding hydrogens is 205 g/mol. The second-order valence-corrected chi connectivity index (χ2v) is 3.70. The maximum absolute atomic E-state index is 12.7. The van der Waals surface area contributed by atoms with E-state index in [1.165, 1.54) is 12.1 Å². The lowest BCUT2D eigenvalue weighted by atomic mass is 10.2. The summed E-state index contributed by atoms with van der Waals surface area (Å²) in [6.45, 7) is 2.00. The predicted octanol–water partition coefficient (Wildman–Crippen LogP) is 2.63. The standard InChI is InChI=1S/C12H14FN3/c1-2-10(14)12-15-7-11(16-12)8-3-5-9(13)6-4-8/h3-7,10H,2,14H2,1H3,(H,15,16). The molecule has 4 heteroatoms. The summed E-state index contributed by atoms with van der Waals surface area (Å²) in [5.41, 5.74) is 7.62. The topological polar surface area (TPSA) is 54.7 Å². The van der Waals surface area contributed by atoms with Crippen molar-refractivity contribution in [2.24, 2.45) is 5.73 Å². The van der Waals surface area contributed by atoms with Crippen molar-refractivity contribution in [1.29, 1.82) is 0 Å². The number of nitrogens with zero attached hydrogens (tertiary/aromatic N) is 1. The molecule has 3 nitrogen and oxygen atoms in total. The number of hydrogen-bond donors (Lipinski definition) is 2. The maximum Gasteiger partial charge on any atom is 0.123 e. The van der Waals surface area contributed by atoms with Crippen LogP contribution in [0.2, 0.25) is 0 Å². The number of rotatable bonds is 3. The summed E-state index contributed by atoms with van der Waals surface area (Å²) in [5, 5.41) is 0. The Morgan fingerprint density at radius 1 is 1.38 bits per heavy atom. The van der Waals surface area contributed by atoms with Crippen molar-refractivity contribution in [3.63, 3.8) is 0 Å². The lowest BCUT2D eigenvalue weighted by Gasteiger charge is -2.03. The van der Waals surface area contributed by atoms with E-state index in [0.717, 1.165) is 23.5 Å². The first-order valence-electron chi connectivity index (χ1n) is 5.27. The van der Waals surface area contributed by atoms with Crippen molar-refractivity contribution in [1.82, 2.24) is 9.97 Å². The molecule has 3 N–H and O–H groups in total. The maximum atomic E-state index is 12.7. The van der Waals surface area contributed by atoms with Gasteiger partial charge in [0.2, 0.25) is 0 Å². The third kappa shape index (κ3) is 2.12. The molecule has 0 amide bonds. The van der Waals surface area contributed by atoms with E-state index >= 15 is 0 Å². The van der Waals surface area contributed by atoms with Gasteiger partial charge in [-0.05, 0) is 36.2 Å². The molecule has 0 aliphatic carbocycles. The first kappa shape index (κ1) is 10.8.